The van der Waals surface area contributed by atoms with Crippen molar-refractivity contribution in [2.45, 2.75) is 19.0 Å². The summed E-state index contributed by atoms with van der Waals surface area (Å²) in [6.07, 6.45) is 4.88. The van der Waals surface area contributed by atoms with Crippen molar-refractivity contribution in [2.24, 2.45) is 0 Å². The van der Waals surface area contributed by atoms with E-state index in [4.69, 9.17) is 4.42 Å². The summed E-state index contributed by atoms with van der Waals surface area (Å²) in [7, 11) is 1.72. The van der Waals surface area contributed by atoms with Crippen LogP contribution in [-0.4, -0.2) is 44.3 Å². The summed E-state index contributed by atoms with van der Waals surface area (Å²) in [5, 5.41) is 2.97. The zero-order valence-electron chi connectivity index (χ0n) is 11.0. The van der Waals surface area contributed by atoms with Crippen LogP contribution < -0.4 is 5.32 Å². The number of fused-ring (bicyclic) bond motifs is 1. The number of hydrogen-bond donors (Lipinski definition) is 1. The molecule has 1 N–H and O–H groups in total. The summed E-state index contributed by atoms with van der Waals surface area (Å²) in [6.45, 7) is 0.909. The molecule has 0 fully saturated rings. The molecule has 104 valence electrons. The Morgan fingerprint density at radius 3 is 2.95 bits per heavy atom. The first-order chi connectivity index (χ1) is 9.79. The molecule has 1 amide bonds. The number of carbonyl (C=O) groups excluding carboxylic acids is 1. The molecule has 0 saturated carbocycles. The summed E-state index contributed by atoms with van der Waals surface area (Å²) in [5.74, 6) is 1.09. The molecule has 2 aromatic heterocycles. The number of carbonyl (C=O) groups is 1. The van der Waals surface area contributed by atoms with Crippen LogP contribution in [0.15, 0.2) is 23.5 Å². The van der Waals surface area contributed by atoms with E-state index in [1.165, 1.54) is 19.0 Å². The number of hydrogen-bond acceptors (Lipinski definition) is 7. The Morgan fingerprint density at radius 2 is 2.20 bits per heavy atom. The SMILES string of the molecule is CNC1C(=O)N(Cc2ncncn2)CCc2ncoc21. The van der Waals surface area contributed by atoms with E-state index in [1.54, 1.807) is 11.9 Å². The Morgan fingerprint density at radius 1 is 1.40 bits per heavy atom. The Kier molecular flexibility index (Phi) is 3.38. The molecule has 3 heterocycles. The number of likely N-dealkylation sites (N-methyl/N-ethyl adjacent to an activating group) is 1. The fourth-order valence-corrected chi connectivity index (χ4v) is 2.27. The van der Waals surface area contributed by atoms with Crippen molar-refractivity contribution in [1.29, 1.82) is 0 Å². The van der Waals surface area contributed by atoms with E-state index in [9.17, 15) is 4.79 Å². The lowest BCUT2D eigenvalue weighted by Gasteiger charge is -2.22. The maximum Gasteiger partial charge on any atom is 0.248 e. The summed E-state index contributed by atoms with van der Waals surface area (Å²) in [5.41, 5.74) is 0.816. The molecular weight excluding hydrogens is 260 g/mol. The van der Waals surface area contributed by atoms with Crippen LogP contribution in [0.25, 0.3) is 0 Å². The van der Waals surface area contributed by atoms with E-state index >= 15 is 0 Å². The van der Waals surface area contributed by atoms with Crippen molar-refractivity contribution in [3.05, 3.63) is 36.3 Å². The molecule has 20 heavy (non-hydrogen) atoms. The van der Waals surface area contributed by atoms with E-state index in [2.05, 4.69) is 25.3 Å². The topological polar surface area (TPSA) is 97.0 Å². The molecule has 1 unspecified atom stereocenters. The van der Waals surface area contributed by atoms with Crippen LogP contribution in [0.2, 0.25) is 0 Å². The van der Waals surface area contributed by atoms with Gasteiger partial charge < -0.3 is 14.6 Å². The van der Waals surface area contributed by atoms with E-state index in [-0.39, 0.29) is 5.91 Å². The minimum Gasteiger partial charge on any atom is -0.446 e. The van der Waals surface area contributed by atoms with Gasteiger partial charge in [0.05, 0.1) is 12.2 Å². The molecule has 0 radical (unpaired) electrons. The molecule has 0 aliphatic carbocycles. The van der Waals surface area contributed by atoms with Gasteiger partial charge in [-0.3, -0.25) is 4.79 Å². The van der Waals surface area contributed by atoms with Gasteiger partial charge in [0.15, 0.2) is 18.0 Å². The fraction of sp³-hybridized carbons (Fsp3) is 0.417. The highest BCUT2D eigenvalue weighted by molar-refractivity contribution is 5.83. The van der Waals surface area contributed by atoms with Crippen molar-refractivity contribution in [1.82, 2.24) is 30.2 Å². The van der Waals surface area contributed by atoms with E-state index in [0.29, 0.717) is 31.1 Å². The highest BCUT2D eigenvalue weighted by Crippen LogP contribution is 2.24. The lowest BCUT2D eigenvalue weighted by molar-refractivity contribution is -0.134. The van der Waals surface area contributed by atoms with E-state index < -0.39 is 6.04 Å². The van der Waals surface area contributed by atoms with Gasteiger partial charge in [-0.1, -0.05) is 0 Å². The maximum atomic E-state index is 12.5. The second-order valence-corrected chi connectivity index (χ2v) is 4.45. The molecule has 2 aromatic rings. The summed E-state index contributed by atoms with van der Waals surface area (Å²) < 4.78 is 5.35. The molecule has 0 spiro atoms. The van der Waals surface area contributed by atoms with E-state index in [1.807, 2.05) is 0 Å². The van der Waals surface area contributed by atoms with E-state index in [0.717, 1.165) is 5.69 Å². The van der Waals surface area contributed by atoms with Crippen molar-refractivity contribution >= 4 is 5.91 Å². The van der Waals surface area contributed by atoms with Gasteiger partial charge in [-0.15, -0.1) is 0 Å². The number of aromatic nitrogens is 4. The Labute approximate surface area is 115 Å². The number of amides is 1. The predicted molar refractivity (Wildman–Crippen MR) is 67.3 cm³/mol. The number of oxazole rings is 1. The predicted octanol–water partition coefficient (Wildman–Crippen LogP) is -0.295. The van der Waals surface area contributed by atoms with Gasteiger partial charge in [0, 0.05) is 13.0 Å². The van der Waals surface area contributed by atoms with Crippen molar-refractivity contribution in [3.8, 4) is 0 Å². The second kappa shape index (κ2) is 5.33. The van der Waals surface area contributed by atoms with Gasteiger partial charge in [-0.2, -0.15) is 0 Å². The summed E-state index contributed by atoms with van der Waals surface area (Å²) >= 11 is 0. The van der Waals surface area contributed by atoms with Crippen LogP contribution in [0.1, 0.15) is 23.3 Å². The molecular formula is C12H14N6O2. The van der Waals surface area contributed by atoms with Crippen LogP contribution in [-0.2, 0) is 17.8 Å². The minimum absolute atomic E-state index is 0.0663. The molecule has 1 aliphatic heterocycles. The average Bonchev–Trinajstić information content (AvgIpc) is 2.89. The van der Waals surface area contributed by atoms with Gasteiger partial charge in [-0.05, 0) is 7.05 Å². The molecule has 8 heteroatoms. The Balaban J connectivity index is 1.84. The fourth-order valence-electron chi connectivity index (χ4n) is 2.27. The number of nitrogens with one attached hydrogen (secondary N) is 1. The largest absolute Gasteiger partial charge is 0.446 e. The Bertz CT molecular complexity index is 599. The molecule has 0 aromatic carbocycles. The first-order valence-electron chi connectivity index (χ1n) is 6.28. The monoisotopic (exact) mass is 274 g/mol. The standard InChI is InChI=1S/C12H14N6O2/c1-13-10-11-8(17-7-20-11)2-3-18(12(10)19)4-9-15-5-14-6-16-9/h5-7,10,13H,2-4H2,1H3. The van der Waals surface area contributed by atoms with Gasteiger partial charge >= 0.3 is 0 Å². The van der Waals surface area contributed by atoms with Crippen LogP contribution in [0.3, 0.4) is 0 Å². The minimum atomic E-state index is -0.517. The smallest absolute Gasteiger partial charge is 0.248 e. The van der Waals surface area contributed by atoms with Crippen molar-refractivity contribution < 1.29 is 9.21 Å². The van der Waals surface area contributed by atoms with Gasteiger partial charge in [0.1, 0.15) is 18.7 Å². The third kappa shape index (κ3) is 2.25. The number of rotatable bonds is 3. The quantitative estimate of drug-likeness (QED) is 0.821. The lowest BCUT2D eigenvalue weighted by atomic mass is 10.1. The second-order valence-electron chi connectivity index (χ2n) is 4.45. The van der Waals surface area contributed by atoms with Crippen molar-refractivity contribution in [2.75, 3.05) is 13.6 Å². The average molecular weight is 274 g/mol. The first-order valence-corrected chi connectivity index (χ1v) is 6.28. The highest BCUT2D eigenvalue weighted by Gasteiger charge is 2.33. The molecule has 3 rings (SSSR count). The van der Waals surface area contributed by atoms with Gasteiger partial charge in [0.25, 0.3) is 0 Å². The van der Waals surface area contributed by atoms with Crippen LogP contribution in [0.5, 0.6) is 0 Å². The molecule has 8 nitrogen and oxygen atoms in total. The van der Waals surface area contributed by atoms with Gasteiger partial charge in [0.2, 0.25) is 5.91 Å². The summed E-state index contributed by atoms with van der Waals surface area (Å²) in [4.78, 5) is 30.3. The first kappa shape index (κ1) is 12.7. The third-order valence-electron chi connectivity index (χ3n) is 3.28. The normalized spacial score (nSPS) is 18.8. The van der Waals surface area contributed by atoms with Crippen LogP contribution >= 0.6 is 0 Å². The van der Waals surface area contributed by atoms with Crippen molar-refractivity contribution in [3.63, 3.8) is 0 Å². The zero-order chi connectivity index (χ0) is 13.9. The molecule has 1 atom stereocenters. The highest BCUT2D eigenvalue weighted by atomic mass is 16.3. The van der Waals surface area contributed by atoms with Crippen LogP contribution in [0.4, 0.5) is 0 Å². The zero-order valence-corrected chi connectivity index (χ0v) is 11.0. The summed E-state index contributed by atoms with van der Waals surface area (Å²) in [6, 6.07) is -0.517. The lowest BCUT2D eigenvalue weighted by Crippen LogP contribution is -2.39. The van der Waals surface area contributed by atoms with Gasteiger partial charge in [-0.25, -0.2) is 19.9 Å². The third-order valence-corrected chi connectivity index (χ3v) is 3.28. The number of nitrogens with zero attached hydrogens (tertiary/aromatic N) is 5. The molecule has 0 bridgehead atoms. The Hall–Kier alpha value is -2.35. The van der Waals surface area contributed by atoms with Crippen LogP contribution in [0, 0.1) is 0 Å². The maximum absolute atomic E-state index is 12.5. The molecule has 0 saturated heterocycles. The molecule has 1 aliphatic rings.